The second-order valence-electron chi connectivity index (χ2n) is 2.95. The van der Waals surface area contributed by atoms with Crippen LogP contribution in [0.15, 0.2) is 47.4 Å². The summed E-state index contributed by atoms with van der Waals surface area (Å²) in [5.74, 6) is 0. The molecule has 0 bridgehead atoms. The SMILES string of the molecule is O=S(=O)(O)c1cccc2ccccc12.[Nd]. The Balaban J connectivity index is 0.00000112. The molecule has 76 valence electrons. The summed E-state index contributed by atoms with van der Waals surface area (Å²) in [5.41, 5.74) is 0. The summed E-state index contributed by atoms with van der Waals surface area (Å²) in [5, 5.41) is 1.33. The third kappa shape index (κ3) is 2.75. The number of hydrogen-bond donors (Lipinski definition) is 1. The van der Waals surface area contributed by atoms with Gasteiger partial charge in [0, 0.05) is 46.2 Å². The first-order valence-corrected chi connectivity index (χ1v) is 5.48. The molecule has 2 aromatic rings. The maximum absolute atomic E-state index is 11.0. The van der Waals surface area contributed by atoms with Crippen LogP contribution >= 0.6 is 0 Å². The average Bonchev–Trinajstić information content (AvgIpc) is 2.15. The molecule has 2 rings (SSSR count). The molecule has 0 saturated carbocycles. The van der Waals surface area contributed by atoms with Crippen molar-refractivity contribution in [3.8, 4) is 0 Å². The smallest absolute Gasteiger partial charge is 0.282 e. The van der Waals surface area contributed by atoms with Crippen molar-refractivity contribution in [2.24, 2.45) is 0 Å². The Bertz CT molecular complexity index is 573. The van der Waals surface area contributed by atoms with Crippen LogP contribution in [0.25, 0.3) is 10.8 Å². The van der Waals surface area contributed by atoms with Crippen molar-refractivity contribution >= 4 is 20.9 Å². The Morgan fingerprint density at radius 3 is 2.20 bits per heavy atom. The van der Waals surface area contributed by atoms with Crippen LogP contribution in [0.1, 0.15) is 0 Å². The first-order chi connectivity index (χ1) is 6.59. The van der Waals surface area contributed by atoms with Crippen molar-refractivity contribution in [2.45, 2.75) is 4.90 Å². The second-order valence-corrected chi connectivity index (χ2v) is 4.34. The summed E-state index contributed by atoms with van der Waals surface area (Å²) >= 11 is 0. The van der Waals surface area contributed by atoms with Crippen LogP contribution in [-0.4, -0.2) is 13.0 Å². The molecule has 1 N–H and O–H groups in total. The summed E-state index contributed by atoms with van der Waals surface area (Å²) in [4.78, 5) is -0.0457. The van der Waals surface area contributed by atoms with Gasteiger partial charge in [-0.25, -0.2) is 0 Å². The van der Waals surface area contributed by atoms with E-state index in [4.69, 9.17) is 4.55 Å². The molecule has 0 amide bonds. The van der Waals surface area contributed by atoms with Crippen molar-refractivity contribution < 1.29 is 53.8 Å². The molecule has 0 aliphatic rings. The molecule has 3 nitrogen and oxygen atoms in total. The molecule has 0 spiro atoms. The van der Waals surface area contributed by atoms with E-state index in [1.165, 1.54) is 6.07 Å². The van der Waals surface area contributed by atoms with E-state index >= 15 is 0 Å². The van der Waals surface area contributed by atoms with E-state index in [-0.39, 0.29) is 45.7 Å². The molecule has 0 unspecified atom stereocenters. The van der Waals surface area contributed by atoms with Crippen molar-refractivity contribution in [2.75, 3.05) is 0 Å². The predicted molar refractivity (Wildman–Crippen MR) is 53.8 cm³/mol. The zero-order valence-electron chi connectivity index (χ0n) is 7.71. The summed E-state index contributed by atoms with van der Waals surface area (Å²) in [6, 6.07) is 11.8. The molecule has 15 heavy (non-hydrogen) atoms. The molecular formula is C10H8NdO3S. The molecule has 0 radical (unpaired) electrons. The van der Waals surface area contributed by atoms with Gasteiger partial charge in [0.2, 0.25) is 0 Å². The van der Waals surface area contributed by atoms with Gasteiger partial charge in [0.25, 0.3) is 10.1 Å². The van der Waals surface area contributed by atoms with Gasteiger partial charge >= 0.3 is 0 Å². The van der Waals surface area contributed by atoms with E-state index in [0.717, 1.165) is 5.39 Å². The Labute approximate surface area is 121 Å². The van der Waals surface area contributed by atoms with Crippen LogP contribution in [0.4, 0.5) is 0 Å². The average molecular weight is 352 g/mol. The fraction of sp³-hybridized carbons (Fsp3) is 0. The van der Waals surface area contributed by atoms with Gasteiger partial charge in [0.05, 0.1) is 0 Å². The number of rotatable bonds is 1. The summed E-state index contributed by atoms with van der Waals surface area (Å²) in [7, 11) is -4.13. The zero-order valence-corrected chi connectivity index (χ0v) is 11.7. The summed E-state index contributed by atoms with van der Waals surface area (Å²) in [6.07, 6.45) is 0. The molecule has 2 aromatic carbocycles. The Hall–Kier alpha value is -0.0394. The summed E-state index contributed by atoms with van der Waals surface area (Å²) in [6.45, 7) is 0. The number of fused-ring (bicyclic) bond motifs is 1. The van der Waals surface area contributed by atoms with Gasteiger partial charge < -0.3 is 0 Å². The fourth-order valence-electron chi connectivity index (χ4n) is 1.42. The Morgan fingerprint density at radius 2 is 1.53 bits per heavy atom. The van der Waals surface area contributed by atoms with Gasteiger partial charge in [-0.1, -0.05) is 36.4 Å². The monoisotopic (exact) mass is 350 g/mol. The molecule has 0 aliphatic carbocycles. The quantitative estimate of drug-likeness (QED) is 0.800. The van der Waals surface area contributed by atoms with Crippen molar-refractivity contribution in [1.29, 1.82) is 0 Å². The van der Waals surface area contributed by atoms with Crippen molar-refractivity contribution in [3.63, 3.8) is 0 Å². The minimum atomic E-state index is -4.13. The van der Waals surface area contributed by atoms with Crippen molar-refractivity contribution in [1.82, 2.24) is 0 Å². The number of benzene rings is 2. The van der Waals surface area contributed by atoms with Gasteiger partial charge in [-0.15, -0.1) is 0 Å². The maximum atomic E-state index is 11.0. The Kier molecular flexibility index (Phi) is 4.22. The molecule has 0 aromatic heterocycles. The molecule has 0 heterocycles. The van der Waals surface area contributed by atoms with Gasteiger partial charge in [0.15, 0.2) is 0 Å². The van der Waals surface area contributed by atoms with Crippen LogP contribution in [0.5, 0.6) is 0 Å². The van der Waals surface area contributed by atoms with Gasteiger partial charge in [-0.3, -0.25) is 4.55 Å². The molecule has 0 aliphatic heterocycles. The van der Waals surface area contributed by atoms with E-state index in [9.17, 15) is 8.42 Å². The van der Waals surface area contributed by atoms with E-state index < -0.39 is 10.1 Å². The van der Waals surface area contributed by atoms with Crippen LogP contribution in [-0.2, 0) is 10.1 Å². The van der Waals surface area contributed by atoms with E-state index in [0.29, 0.717) is 5.39 Å². The van der Waals surface area contributed by atoms with E-state index in [1.807, 2.05) is 6.07 Å². The Morgan fingerprint density at radius 1 is 0.933 bits per heavy atom. The predicted octanol–water partition coefficient (Wildman–Crippen LogP) is 2.09. The zero-order chi connectivity index (χ0) is 10.2. The third-order valence-corrected chi connectivity index (χ3v) is 2.94. The molecular weight excluding hydrogens is 344 g/mol. The van der Waals surface area contributed by atoms with E-state index in [2.05, 4.69) is 0 Å². The van der Waals surface area contributed by atoms with Crippen LogP contribution in [0, 0.1) is 40.8 Å². The van der Waals surface area contributed by atoms with Crippen LogP contribution in [0.2, 0.25) is 0 Å². The van der Waals surface area contributed by atoms with Crippen molar-refractivity contribution in [3.05, 3.63) is 42.5 Å². The first-order valence-electron chi connectivity index (χ1n) is 4.04. The second kappa shape index (κ2) is 4.86. The molecule has 0 atom stereocenters. The standard InChI is InChI=1S/C10H8O3S.Nd/c11-14(12,13)10-7-3-5-8-4-1-2-6-9(8)10;/h1-7H,(H,11,12,13);. The van der Waals surface area contributed by atoms with Crippen LogP contribution < -0.4 is 0 Å². The molecule has 5 heteroatoms. The summed E-state index contributed by atoms with van der Waals surface area (Å²) < 4.78 is 31.0. The van der Waals surface area contributed by atoms with Crippen LogP contribution in [0.3, 0.4) is 0 Å². The third-order valence-electron chi connectivity index (χ3n) is 2.03. The maximum Gasteiger partial charge on any atom is 0.295 e. The van der Waals surface area contributed by atoms with Gasteiger partial charge in [-0.2, -0.15) is 8.42 Å². The largest absolute Gasteiger partial charge is 0.295 e. The first kappa shape index (κ1) is 13.0. The normalized spacial score (nSPS) is 11.0. The minimum Gasteiger partial charge on any atom is -0.282 e. The fourth-order valence-corrected chi connectivity index (χ4v) is 2.13. The van der Waals surface area contributed by atoms with Gasteiger partial charge in [0.1, 0.15) is 4.90 Å². The molecule has 0 saturated heterocycles. The molecule has 0 fully saturated rings. The minimum absolute atomic E-state index is 0. The topological polar surface area (TPSA) is 54.4 Å². The number of hydrogen-bond acceptors (Lipinski definition) is 2. The van der Waals surface area contributed by atoms with Gasteiger partial charge in [-0.05, 0) is 11.5 Å². The van der Waals surface area contributed by atoms with E-state index in [1.54, 1.807) is 30.3 Å².